The molecule has 1 atom stereocenters. The van der Waals surface area contributed by atoms with Crippen LogP contribution in [0.1, 0.15) is 25.3 Å². The van der Waals surface area contributed by atoms with Crippen LogP contribution in [-0.2, 0) is 23.8 Å². The lowest BCUT2D eigenvalue weighted by Gasteiger charge is -2.36. The summed E-state index contributed by atoms with van der Waals surface area (Å²) in [6.07, 6.45) is 0. The summed E-state index contributed by atoms with van der Waals surface area (Å²) in [5, 5.41) is 14.6. The molecule has 1 unspecified atom stereocenters. The van der Waals surface area contributed by atoms with Gasteiger partial charge in [-0.3, -0.25) is 15.0 Å². The lowest BCUT2D eigenvalue weighted by atomic mass is 9.80. The second-order valence-electron chi connectivity index (χ2n) is 10.1. The van der Waals surface area contributed by atoms with E-state index in [9.17, 15) is 24.1 Å². The zero-order valence-electron chi connectivity index (χ0n) is 23.9. The van der Waals surface area contributed by atoms with Gasteiger partial charge in [-0.1, -0.05) is 12.1 Å². The summed E-state index contributed by atoms with van der Waals surface area (Å²) in [5.41, 5.74) is 2.49. The van der Waals surface area contributed by atoms with Gasteiger partial charge in [0.1, 0.15) is 19.0 Å². The van der Waals surface area contributed by atoms with Gasteiger partial charge in [0.25, 0.3) is 5.69 Å². The summed E-state index contributed by atoms with van der Waals surface area (Å²) in [4.78, 5) is 42.1. The van der Waals surface area contributed by atoms with E-state index in [1.54, 1.807) is 32.0 Å². The number of carbonyl (C=O) groups is 2. The molecule has 1 saturated heterocycles. The fourth-order valence-electron chi connectivity index (χ4n) is 5.21. The Labute approximate surface area is 243 Å². The van der Waals surface area contributed by atoms with Crippen molar-refractivity contribution < 1.29 is 33.1 Å². The van der Waals surface area contributed by atoms with Crippen molar-refractivity contribution in [3.63, 3.8) is 0 Å². The number of nitrogens with zero attached hydrogens (tertiary/aromatic N) is 3. The highest BCUT2D eigenvalue weighted by atomic mass is 19.1. The molecule has 0 spiro atoms. The monoisotopic (exact) mass is 582 g/mol. The molecule has 0 bridgehead atoms. The van der Waals surface area contributed by atoms with Crippen LogP contribution in [0.4, 0.5) is 15.8 Å². The van der Waals surface area contributed by atoms with Gasteiger partial charge in [0.2, 0.25) is 0 Å². The first-order chi connectivity index (χ1) is 20.2. The molecule has 1 N–H and O–H groups in total. The first-order valence-corrected chi connectivity index (χ1v) is 13.7. The Hall–Kier alpha value is -4.29. The minimum absolute atomic E-state index is 0.00463. The Bertz CT molecular complexity index is 1370. The second-order valence-corrected chi connectivity index (χ2v) is 10.1. The highest BCUT2D eigenvalue weighted by Gasteiger charge is 2.38. The number of piperazine rings is 1. The molecular formula is C30H35FN4O7. The summed E-state index contributed by atoms with van der Waals surface area (Å²) in [7, 11) is 1.48. The Morgan fingerprint density at radius 1 is 0.952 bits per heavy atom. The number of anilines is 1. The molecule has 2 aromatic carbocycles. The van der Waals surface area contributed by atoms with Crippen molar-refractivity contribution in [3.8, 4) is 0 Å². The molecule has 0 amide bonds. The summed E-state index contributed by atoms with van der Waals surface area (Å²) in [6, 6.07) is 12.3. The summed E-state index contributed by atoms with van der Waals surface area (Å²) in [6.45, 7) is 7.19. The summed E-state index contributed by atoms with van der Waals surface area (Å²) >= 11 is 0. The van der Waals surface area contributed by atoms with Gasteiger partial charge < -0.3 is 24.4 Å². The lowest BCUT2D eigenvalue weighted by Crippen LogP contribution is -2.47. The Balaban J connectivity index is 1.47. The van der Waals surface area contributed by atoms with E-state index in [1.807, 2.05) is 0 Å². The van der Waals surface area contributed by atoms with Gasteiger partial charge in [0.15, 0.2) is 0 Å². The molecule has 42 heavy (non-hydrogen) atoms. The largest absolute Gasteiger partial charge is 0.461 e. The van der Waals surface area contributed by atoms with Crippen molar-refractivity contribution in [2.75, 3.05) is 64.6 Å². The predicted octanol–water partition coefficient (Wildman–Crippen LogP) is 3.52. The Morgan fingerprint density at radius 2 is 1.57 bits per heavy atom. The van der Waals surface area contributed by atoms with Crippen LogP contribution in [0.2, 0.25) is 0 Å². The molecule has 0 saturated carbocycles. The number of carbonyl (C=O) groups excluding carboxylic acids is 2. The summed E-state index contributed by atoms with van der Waals surface area (Å²) < 4.78 is 29.3. The van der Waals surface area contributed by atoms with Crippen molar-refractivity contribution >= 4 is 23.3 Å². The van der Waals surface area contributed by atoms with Gasteiger partial charge >= 0.3 is 11.9 Å². The number of ether oxygens (including phenoxy) is 3. The molecule has 0 aliphatic carbocycles. The van der Waals surface area contributed by atoms with Crippen LogP contribution in [0.15, 0.2) is 71.1 Å². The molecule has 0 aromatic heterocycles. The third-order valence-corrected chi connectivity index (χ3v) is 7.34. The van der Waals surface area contributed by atoms with E-state index < -0.39 is 22.8 Å². The number of hydrogen-bond acceptors (Lipinski definition) is 10. The molecule has 2 aromatic rings. The van der Waals surface area contributed by atoms with Crippen LogP contribution in [0.5, 0.6) is 0 Å². The van der Waals surface area contributed by atoms with Crippen molar-refractivity contribution in [1.29, 1.82) is 0 Å². The topological polar surface area (TPSA) is 123 Å². The van der Waals surface area contributed by atoms with Gasteiger partial charge in [0, 0.05) is 69.0 Å². The Morgan fingerprint density at radius 3 is 2.17 bits per heavy atom. The van der Waals surface area contributed by atoms with E-state index in [0.717, 1.165) is 31.9 Å². The van der Waals surface area contributed by atoms with E-state index in [-0.39, 0.29) is 42.5 Å². The van der Waals surface area contributed by atoms with E-state index in [2.05, 4.69) is 15.1 Å². The highest BCUT2D eigenvalue weighted by molar-refractivity contribution is 6.00. The van der Waals surface area contributed by atoms with Crippen molar-refractivity contribution in [1.82, 2.24) is 10.2 Å². The summed E-state index contributed by atoms with van der Waals surface area (Å²) in [5.74, 6) is -2.50. The fourth-order valence-corrected chi connectivity index (χ4v) is 5.21. The van der Waals surface area contributed by atoms with E-state index in [0.29, 0.717) is 23.5 Å². The first-order valence-electron chi connectivity index (χ1n) is 13.7. The standard InChI is InChI=1S/C30H35FN4O7/c1-20-26(29(36)41-16-15-33-11-13-34(14-12-33)24-9-7-23(31)8-10-24)28(22-5-4-6-25(19-22)35(38)39)27(21(2)32-20)30(37)42-18-17-40-3/h4-10,19,28,32H,11-18H2,1-3H3. The molecule has 224 valence electrons. The molecule has 4 rings (SSSR count). The third kappa shape index (κ3) is 7.31. The van der Waals surface area contributed by atoms with Gasteiger partial charge in [-0.25, -0.2) is 14.0 Å². The average Bonchev–Trinajstić information content (AvgIpc) is 2.97. The van der Waals surface area contributed by atoms with E-state index >= 15 is 0 Å². The number of nitrogens with one attached hydrogen (secondary N) is 1. The maximum atomic E-state index is 13.5. The van der Waals surface area contributed by atoms with Gasteiger partial charge in [0.05, 0.1) is 28.6 Å². The van der Waals surface area contributed by atoms with Crippen LogP contribution >= 0.6 is 0 Å². The fraction of sp³-hybridized carbons (Fsp3) is 0.400. The minimum atomic E-state index is -0.937. The van der Waals surface area contributed by atoms with Crippen LogP contribution in [-0.4, -0.2) is 81.4 Å². The molecule has 2 aliphatic rings. The zero-order chi connectivity index (χ0) is 30.2. The minimum Gasteiger partial charge on any atom is -0.461 e. The molecule has 2 heterocycles. The quantitative estimate of drug-likeness (QED) is 0.182. The first kappa shape index (κ1) is 30.7. The predicted molar refractivity (Wildman–Crippen MR) is 153 cm³/mol. The molecule has 1 fully saturated rings. The van der Waals surface area contributed by atoms with Gasteiger partial charge in [-0.15, -0.1) is 0 Å². The van der Waals surface area contributed by atoms with E-state index in [1.165, 1.54) is 37.4 Å². The number of esters is 2. The number of non-ortho nitro benzene ring substituents is 1. The number of hydrogen-bond donors (Lipinski definition) is 1. The SMILES string of the molecule is COCCOC(=O)C1=C(C)NC(C)=C(C(=O)OCCN2CCN(c3ccc(F)cc3)CC2)C1c1cccc([N+](=O)[O-])c1. The van der Waals surface area contributed by atoms with Gasteiger partial charge in [-0.05, 0) is 43.7 Å². The Kier molecular flexibility index (Phi) is 10.3. The molecular weight excluding hydrogens is 547 g/mol. The maximum absolute atomic E-state index is 13.5. The third-order valence-electron chi connectivity index (χ3n) is 7.34. The number of methoxy groups -OCH3 is 1. The van der Waals surface area contributed by atoms with Crippen LogP contribution in [0.25, 0.3) is 0 Å². The van der Waals surface area contributed by atoms with Crippen LogP contribution in [0, 0.1) is 15.9 Å². The number of halogens is 1. The van der Waals surface area contributed by atoms with Crippen LogP contribution in [0.3, 0.4) is 0 Å². The number of nitro groups is 1. The molecule has 12 heteroatoms. The normalized spacial score (nSPS) is 17.6. The highest BCUT2D eigenvalue weighted by Crippen LogP contribution is 2.40. The van der Waals surface area contributed by atoms with E-state index in [4.69, 9.17) is 14.2 Å². The molecule has 2 aliphatic heterocycles. The van der Waals surface area contributed by atoms with Crippen molar-refractivity contribution in [2.24, 2.45) is 0 Å². The number of nitro benzene ring substituents is 1. The number of benzene rings is 2. The zero-order valence-corrected chi connectivity index (χ0v) is 23.9. The average molecular weight is 583 g/mol. The van der Waals surface area contributed by atoms with Gasteiger partial charge in [-0.2, -0.15) is 0 Å². The van der Waals surface area contributed by atoms with Crippen molar-refractivity contribution in [2.45, 2.75) is 19.8 Å². The number of rotatable bonds is 11. The number of dihydropyridines is 1. The maximum Gasteiger partial charge on any atom is 0.336 e. The number of allylic oxidation sites excluding steroid dienone is 2. The molecule has 11 nitrogen and oxygen atoms in total. The van der Waals surface area contributed by atoms with Crippen molar-refractivity contribution in [3.05, 3.63) is 92.6 Å². The second kappa shape index (κ2) is 14.1. The smallest absolute Gasteiger partial charge is 0.336 e. The lowest BCUT2D eigenvalue weighted by molar-refractivity contribution is -0.384. The van der Waals surface area contributed by atoms with Crippen LogP contribution < -0.4 is 10.2 Å². The molecule has 0 radical (unpaired) electrons.